The summed E-state index contributed by atoms with van der Waals surface area (Å²) >= 11 is 1.60. The summed E-state index contributed by atoms with van der Waals surface area (Å²) in [6.07, 6.45) is 0.928. The molecule has 1 aromatic carbocycles. The minimum Gasteiger partial charge on any atom is -0.487 e. The Morgan fingerprint density at radius 2 is 1.92 bits per heavy atom. The number of fused-ring (bicyclic) bond motifs is 1. The Labute approximate surface area is 159 Å². The summed E-state index contributed by atoms with van der Waals surface area (Å²) in [5, 5.41) is 7.35. The lowest BCUT2D eigenvalue weighted by molar-refractivity contribution is 0.107. The first-order valence-corrected chi connectivity index (χ1v) is 9.98. The van der Waals surface area contributed by atoms with E-state index >= 15 is 0 Å². The Hall–Kier alpha value is -2.14. The van der Waals surface area contributed by atoms with Crippen molar-refractivity contribution in [1.82, 2.24) is 9.97 Å². The molecule has 2 heterocycles. The minimum atomic E-state index is -0.233. The molecule has 0 saturated carbocycles. The Morgan fingerprint density at radius 3 is 2.62 bits per heavy atom. The maximum Gasteiger partial charge on any atom is 0.183 e. The first kappa shape index (κ1) is 18.6. The van der Waals surface area contributed by atoms with Crippen molar-refractivity contribution >= 4 is 27.4 Å². The Balaban J connectivity index is 2.09. The molecule has 0 aliphatic rings. The molecular formula is C21H27N3OS. The average Bonchev–Trinajstić information content (AvgIpc) is 3.01. The van der Waals surface area contributed by atoms with Crippen LogP contribution in [0.3, 0.4) is 0 Å². The molecule has 0 radical (unpaired) electrons. The van der Waals surface area contributed by atoms with Gasteiger partial charge in [0, 0.05) is 22.9 Å². The second kappa shape index (κ2) is 7.23. The summed E-state index contributed by atoms with van der Waals surface area (Å²) in [5.41, 5.74) is 3.61. The van der Waals surface area contributed by atoms with E-state index in [9.17, 15) is 0 Å². The molecule has 2 aromatic heterocycles. The van der Waals surface area contributed by atoms with E-state index in [1.807, 2.05) is 11.4 Å². The molecule has 0 aliphatic heterocycles. The van der Waals surface area contributed by atoms with Crippen LogP contribution in [-0.4, -0.2) is 21.6 Å². The van der Waals surface area contributed by atoms with E-state index in [4.69, 9.17) is 14.7 Å². The highest BCUT2D eigenvalue weighted by Crippen LogP contribution is 2.34. The van der Waals surface area contributed by atoms with Gasteiger partial charge in [0.25, 0.3) is 0 Å². The van der Waals surface area contributed by atoms with Crippen LogP contribution >= 0.6 is 11.3 Å². The first-order valence-electron chi connectivity index (χ1n) is 9.10. The van der Waals surface area contributed by atoms with Crippen molar-refractivity contribution in [2.45, 2.75) is 59.6 Å². The van der Waals surface area contributed by atoms with Crippen molar-refractivity contribution in [2.75, 3.05) is 5.32 Å². The zero-order valence-electron chi connectivity index (χ0n) is 16.4. The van der Waals surface area contributed by atoms with Gasteiger partial charge in [0.2, 0.25) is 0 Å². The molecule has 3 aromatic rings. The van der Waals surface area contributed by atoms with Crippen molar-refractivity contribution in [3.8, 4) is 17.1 Å². The van der Waals surface area contributed by atoms with Crippen molar-refractivity contribution in [3.05, 3.63) is 35.2 Å². The maximum absolute atomic E-state index is 6.36. The zero-order chi connectivity index (χ0) is 18.9. The molecule has 0 amide bonds. The third-order valence-electron chi connectivity index (χ3n) is 4.34. The molecule has 26 heavy (non-hydrogen) atoms. The number of anilines is 1. The number of pyridine rings is 1. The molecule has 1 N–H and O–H groups in total. The van der Waals surface area contributed by atoms with E-state index in [1.165, 1.54) is 5.56 Å². The summed E-state index contributed by atoms with van der Waals surface area (Å²) in [7, 11) is 0. The van der Waals surface area contributed by atoms with Gasteiger partial charge in [-0.3, -0.25) is 0 Å². The Morgan fingerprint density at radius 1 is 1.15 bits per heavy atom. The van der Waals surface area contributed by atoms with Gasteiger partial charge < -0.3 is 10.1 Å². The van der Waals surface area contributed by atoms with Crippen LogP contribution in [0.1, 0.15) is 46.6 Å². The lowest BCUT2D eigenvalue weighted by Crippen LogP contribution is -2.27. The molecule has 0 fully saturated rings. The molecule has 0 bridgehead atoms. The fraction of sp³-hybridized carbons (Fsp3) is 0.429. The van der Waals surface area contributed by atoms with Gasteiger partial charge in [0.1, 0.15) is 17.0 Å². The van der Waals surface area contributed by atoms with Crippen LogP contribution in [-0.2, 0) is 0 Å². The number of ether oxygens (including phenoxy) is 1. The molecule has 0 saturated heterocycles. The topological polar surface area (TPSA) is 47.0 Å². The smallest absolute Gasteiger partial charge is 0.183 e. The van der Waals surface area contributed by atoms with E-state index in [-0.39, 0.29) is 5.60 Å². The number of aromatic nitrogens is 2. The van der Waals surface area contributed by atoms with Crippen molar-refractivity contribution in [3.63, 3.8) is 0 Å². The summed E-state index contributed by atoms with van der Waals surface area (Å²) in [5.74, 6) is 0.864. The molecule has 5 heteroatoms. The summed E-state index contributed by atoms with van der Waals surface area (Å²) in [6, 6.07) is 8.66. The van der Waals surface area contributed by atoms with Crippen LogP contribution in [0.25, 0.3) is 22.3 Å². The van der Waals surface area contributed by atoms with E-state index in [1.54, 1.807) is 11.3 Å². The van der Waals surface area contributed by atoms with Crippen LogP contribution in [0.5, 0.6) is 5.75 Å². The Bertz CT molecular complexity index is 915. The highest BCUT2D eigenvalue weighted by molar-refractivity contribution is 7.14. The highest BCUT2D eigenvalue weighted by atomic mass is 32.1. The minimum absolute atomic E-state index is 0.233. The number of rotatable bonds is 6. The number of hydrogen-bond acceptors (Lipinski definition) is 5. The fourth-order valence-electron chi connectivity index (χ4n) is 2.60. The normalized spacial score (nSPS) is 12.0. The van der Waals surface area contributed by atoms with Gasteiger partial charge in [-0.15, -0.1) is 11.3 Å². The van der Waals surface area contributed by atoms with Crippen LogP contribution < -0.4 is 10.1 Å². The number of benzene rings is 1. The summed E-state index contributed by atoms with van der Waals surface area (Å²) in [4.78, 5) is 9.55. The molecule has 0 atom stereocenters. The van der Waals surface area contributed by atoms with Gasteiger partial charge in [0.15, 0.2) is 5.13 Å². The lowest BCUT2D eigenvalue weighted by atomic mass is 10.1. The molecule has 0 unspecified atom stereocenters. The predicted octanol–water partition coefficient (Wildman–Crippen LogP) is 6.05. The molecule has 138 valence electrons. The maximum atomic E-state index is 6.36. The van der Waals surface area contributed by atoms with Crippen LogP contribution in [0, 0.1) is 6.92 Å². The Kier molecular flexibility index (Phi) is 5.19. The second-order valence-electron chi connectivity index (χ2n) is 7.58. The monoisotopic (exact) mass is 369 g/mol. The average molecular weight is 370 g/mol. The lowest BCUT2D eigenvalue weighted by Gasteiger charge is -2.26. The van der Waals surface area contributed by atoms with Crippen molar-refractivity contribution in [2.24, 2.45) is 0 Å². The molecule has 0 spiro atoms. The number of thiazole rings is 1. The van der Waals surface area contributed by atoms with E-state index in [0.717, 1.165) is 39.6 Å². The van der Waals surface area contributed by atoms with Gasteiger partial charge >= 0.3 is 0 Å². The standard InChI is InChI=1S/C21H27N3OS/c1-7-21(5,6)25-19-11-17(18-12-26-20(24-18)22-13(2)3)23-16-10-14(4)8-9-15(16)19/h8-13H,7H2,1-6H3,(H,22,24). The van der Waals surface area contributed by atoms with Gasteiger partial charge in [-0.05, 0) is 58.7 Å². The summed E-state index contributed by atoms with van der Waals surface area (Å²) in [6.45, 7) is 12.7. The number of nitrogens with one attached hydrogen (secondary N) is 1. The van der Waals surface area contributed by atoms with Gasteiger partial charge in [-0.1, -0.05) is 13.0 Å². The van der Waals surface area contributed by atoms with E-state index in [0.29, 0.717) is 6.04 Å². The second-order valence-corrected chi connectivity index (χ2v) is 8.44. The first-order chi connectivity index (χ1) is 12.3. The number of aryl methyl sites for hydroxylation is 1. The summed E-state index contributed by atoms with van der Waals surface area (Å²) < 4.78 is 6.36. The largest absolute Gasteiger partial charge is 0.487 e. The third-order valence-corrected chi connectivity index (χ3v) is 5.12. The zero-order valence-corrected chi connectivity index (χ0v) is 17.2. The number of hydrogen-bond donors (Lipinski definition) is 1. The predicted molar refractivity (Wildman–Crippen MR) is 111 cm³/mol. The fourth-order valence-corrected chi connectivity index (χ4v) is 3.45. The third kappa shape index (κ3) is 4.15. The van der Waals surface area contributed by atoms with Crippen LogP contribution in [0.15, 0.2) is 29.6 Å². The molecule has 4 nitrogen and oxygen atoms in total. The van der Waals surface area contributed by atoms with Crippen LogP contribution in [0.2, 0.25) is 0 Å². The van der Waals surface area contributed by atoms with E-state index < -0.39 is 0 Å². The molecule has 3 rings (SSSR count). The van der Waals surface area contributed by atoms with Gasteiger partial charge in [0.05, 0.1) is 11.2 Å². The van der Waals surface area contributed by atoms with E-state index in [2.05, 4.69) is 65.1 Å². The van der Waals surface area contributed by atoms with Gasteiger partial charge in [-0.2, -0.15) is 0 Å². The quantitative estimate of drug-likeness (QED) is 0.574. The van der Waals surface area contributed by atoms with Crippen molar-refractivity contribution < 1.29 is 4.74 Å². The number of nitrogens with zero attached hydrogens (tertiary/aromatic N) is 2. The SMILES string of the molecule is CCC(C)(C)Oc1cc(-c2csc(NC(C)C)n2)nc2cc(C)ccc12. The van der Waals surface area contributed by atoms with Crippen LogP contribution in [0.4, 0.5) is 5.13 Å². The van der Waals surface area contributed by atoms with Crippen molar-refractivity contribution in [1.29, 1.82) is 0 Å². The molecular weight excluding hydrogens is 342 g/mol. The highest BCUT2D eigenvalue weighted by Gasteiger charge is 2.20. The molecule has 0 aliphatic carbocycles. The van der Waals surface area contributed by atoms with Gasteiger partial charge in [-0.25, -0.2) is 9.97 Å².